The highest BCUT2D eigenvalue weighted by atomic mass is 16.6. The number of hydrogen-bond donors (Lipinski definition) is 1. The molecule has 2 amide bonds. The summed E-state index contributed by atoms with van der Waals surface area (Å²) in [6, 6.07) is 17.4. The summed E-state index contributed by atoms with van der Waals surface area (Å²) in [5.74, 6) is 0.339. The number of carbonyl (C=O) groups is 2. The molecule has 0 aromatic heterocycles. The van der Waals surface area contributed by atoms with Gasteiger partial charge in [-0.15, -0.1) is 0 Å². The van der Waals surface area contributed by atoms with E-state index in [4.69, 9.17) is 9.47 Å². The number of nitrogens with one attached hydrogen (secondary N) is 1. The van der Waals surface area contributed by atoms with Crippen molar-refractivity contribution in [3.63, 3.8) is 0 Å². The van der Waals surface area contributed by atoms with Gasteiger partial charge in [0.25, 0.3) is 0 Å². The quantitative estimate of drug-likeness (QED) is 0.717. The Bertz CT molecular complexity index is 853. The molecular formula is C24H30N2O4. The number of rotatable bonds is 4. The van der Waals surface area contributed by atoms with E-state index in [1.807, 2.05) is 69.3 Å². The van der Waals surface area contributed by atoms with Crippen LogP contribution in [0.25, 0.3) is 0 Å². The van der Waals surface area contributed by atoms with E-state index in [2.05, 4.69) is 11.4 Å². The Morgan fingerprint density at radius 3 is 2.40 bits per heavy atom. The van der Waals surface area contributed by atoms with Crippen LogP contribution in [0.15, 0.2) is 54.6 Å². The van der Waals surface area contributed by atoms with Crippen LogP contribution in [0.3, 0.4) is 0 Å². The number of carbonyl (C=O) groups excluding carboxylic acids is 2. The molecule has 2 aromatic rings. The third-order valence-electron chi connectivity index (χ3n) is 4.96. The lowest BCUT2D eigenvalue weighted by Crippen LogP contribution is -2.41. The molecule has 1 aliphatic rings. The molecule has 2 aromatic carbocycles. The molecule has 3 rings (SSSR count). The van der Waals surface area contributed by atoms with Crippen molar-refractivity contribution in [1.82, 2.24) is 4.90 Å². The summed E-state index contributed by atoms with van der Waals surface area (Å²) in [4.78, 5) is 26.1. The molecule has 6 heteroatoms. The minimum Gasteiger partial charge on any atom is -0.444 e. The second-order valence-electron chi connectivity index (χ2n) is 8.55. The second-order valence-corrected chi connectivity index (χ2v) is 8.55. The molecule has 1 heterocycles. The van der Waals surface area contributed by atoms with Crippen molar-refractivity contribution < 1.29 is 19.1 Å². The number of amides is 2. The number of nitrogens with zero attached hydrogens (tertiary/aromatic N) is 1. The summed E-state index contributed by atoms with van der Waals surface area (Å²) in [5, 5.41) is 2.80. The van der Waals surface area contributed by atoms with E-state index in [9.17, 15) is 9.59 Å². The van der Waals surface area contributed by atoms with E-state index >= 15 is 0 Å². The van der Waals surface area contributed by atoms with Gasteiger partial charge in [-0.25, -0.2) is 9.59 Å². The molecule has 160 valence electrons. The molecule has 0 saturated carbocycles. The lowest BCUT2D eigenvalue weighted by Gasteiger charge is -2.33. The van der Waals surface area contributed by atoms with E-state index in [1.54, 1.807) is 4.90 Å². The van der Waals surface area contributed by atoms with Gasteiger partial charge < -0.3 is 14.4 Å². The van der Waals surface area contributed by atoms with Gasteiger partial charge in [0, 0.05) is 18.8 Å². The highest BCUT2D eigenvalue weighted by Crippen LogP contribution is 2.30. The van der Waals surface area contributed by atoms with E-state index in [0.717, 1.165) is 24.0 Å². The zero-order valence-electron chi connectivity index (χ0n) is 17.9. The number of anilines is 1. The molecule has 0 aliphatic carbocycles. The Hall–Kier alpha value is -3.02. The van der Waals surface area contributed by atoms with Gasteiger partial charge in [-0.2, -0.15) is 0 Å². The summed E-state index contributed by atoms with van der Waals surface area (Å²) in [6.07, 6.45) is 0.996. The minimum absolute atomic E-state index is 0.232. The van der Waals surface area contributed by atoms with Crippen molar-refractivity contribution in [3.05, 3.63) is 65.7 Å². The number of ether oxygens (including phenoxy) is 2. The fourth-order valence-electron chi connectivity index (χ4n) is 3.47. The SMILES string of the molecule is CC(C)(C)OC(=O)N1CCC(c2cccc(NC(=O)OCc3ccccc3)c2)CC1. The molecule has 1 N–H and O–H groups in total. The van der Waals surface area contributed by atoms with Gasteiger partial charge in [0.2, 0.25) is 0 Å². The average molecular weight is 411 g/mol. The van der Waals surface area contributed by atoms with Gasteiger partial charge in [0.05, 0.1) is 0 Å². The Labute approximate surface area is 178 Å². The number of hydrogen-bond acceptors (Lipinski definition) is 4. The summed E-state index contributed by atoms with van der Waals surface area (Å²) >= 11 is 0. The van der Waals surface area contributed by atoms with Crippen LogP contribution in [0.5, 0.6) is 0 Å². The standard InChI is InChI=1S/C24H30N2O4/c1-24(2,3)30-23(28)26-14-12-19(13-15-26)20-10-7-11-21(16-20)25-22(27)29-17-18-8-5-4-6-9-18/h4-11,16,19H,12-15,17H2,1-3H3,(H,25,27). The predicted molar refractivity (Wildman–Crippen MR) is 116 cm³/mol. The lowest BCUT2D eigenvalue weighted by atomic mass is 9.89. The Balaban J connectivity index is 1.51. The normalized spacial score (nSPS) is 14.8. The molecule has 0 radical (unpaired) electrons. The van der Waals surface area contributed by atoms with E-state index in [0.29, 0.717) is 24.7 Å². The van der Waals surface area contributed by atoms with Crippen LogP contribution in [0.2, 0.25) is 0 Å². The van der Waals surface area contributed by atoms with Crippen LogP contribution >= 0.6 is 0 Å². The average Bonchev–Trinajstić information content (AvgIpc) is 2.72. The maximum absolute atomic E-state index is 12.2. The fraction of sp³-hybridized carbons (Fsp3) is 0.417. The van der Waals surface area contributed by atoms with Crippen molar-refractivity contribution in [3.8, 4) is 0 Å². The van der Waals surface area contributed by atoms with Crippen molar-refractivity contribution in [1.29, 1.82) is 0 Å². The Morgan fingerprint density at radius 1 is 1.03 bits per heavy atom. The summed E-state index contributed by atoms with van der Waals surface area (Å²) in [6.45, 7) is 7.19. The molecule has 6 nitrogen and oxygen atoms in total. The second kappa shape index (κ2) is 9.65. The van der Waals surface area contributed by atoms with E-state index in [-0.39, 0.29) is 12.7 Å². The monoisotopic (exact) mass is 410 g/mol. The summed E-state index contributed by atoms with van der Waals surface area (Å²) in [5.41, 5.74) is 2.32. The smallest absolute Gasteiger partial charge is 0.411 e. The van der Waals surface area contributed by atoms with Crippen LogP contribution in [-0.2, 0) is 16.1 Å². The van der Waals surface area contributed by atoms with Gasteiger partial charge >= 0.3 is 12.2 Å². The van der Waals surface area contributed by atoms with Gasteiger partial charge in [-0.1, -0.05) is 42.5 Å². The maximum Gasteiger partial charge on any atom is 0.411 e. The van der Waals surface area contributed by atoms with Crippen molar-refractivity contribution in [2.75, 3.05) is 18.4 Å². The first kappa shape index (κ1) is 21.7. The Morgan fingerprint density at radius 2 is 1.73 bits per heavy atom. The maximum atomic E-state index is 12.2. The van der Waals surface area contributed by atoms with Gasteiger partial charge in [-0.05, 0) is 62.8 Å². The largest absolute Gasteiger partial charge is 0.444 e. The molecule has 0 spiro atoms. The van der Waals surface area contributed by atoms with E-state index in [1.165, 1.54) is 0 Å². The zero-order chi connectivity index (χ0) is 21.6. The number of benzene rings is 2. The molecule has 0 unspecified atom stereocenters. The lowest BCUT2D eigenvalue weighted by molar-refractivity contribution is 0.0205. The molecule has 30 heavy (non-hydrogen) atoms. The number of piperidine rings is 1. The summed E-state index contributed by atoms with van der Waals surface area (Å²) < 4.78 is 10.8. The van der Waals surface area contributed by atoms with Crippen LogP contribution in [0, 0.1) is 0 Å². The highest BCUT2D eigenvalue weighted by molar-refractivity contribution is 5.84. The van der Waals surface area contributed by atoms with Crippen molar-refractivity contribution >= 4 is 17.9 Å². The first-order chi connectivity index (χ1) is 14.3. The highest BCUT2D eigenvalue weighted by Gasteiger charge is 2.27. The number of likely N-dealkylation sites (tertiary alicyclic amines) is 1. The van der Waals surface area contributed by atoms with Crippen LogP contribution < -0.4 is 5.32 Å². The summed E-state index contributed by atoms with van der Waals surface area (Å²) in [7, 11) is 0. The van der Waals surface area contributed by atoms with Crippen LogP contribution in [-0.4, -0.2) is 35.8 Å². The van der Waals surface area contributed by atoms with E-state index < -0.39 is 11.7 Å². The van der Waals surface area contributed by atoms with Crippen molar-refractivity contribution in [2.24, 2.45) is 0 Å². The molecule has 1 saturated heterocycles. The van der Waals surface area contributed by atoms with Gasteiger partial charge in [-0.3, -0.25) is 5.32 Å². The first-order valence-corrected chi connectivity index (χ1v) is 10.4. The molecule has 0 bridgehead atoms. The molecule has 1 aliphatic heterocycles. The first-order valence-electron chi connectivity index (χ1n) is 10.4. The van der Waals surface area contributed by atoms with Crippen LogP contribution in [0.4, 0.5) is 15.3 Å². The van der Waals surface area contributed by atoms with Crippen molar-refractivity contribution in [2.45, 2.75) is 51.7 Å². The molecule has 1 fully saturated rings. The predicted octanol–water partition coefficient (Wildman–Crippen LogP) is 5.55. The third-order valence-corrected chi connectivity index (χ3v) is 4.96. The topological polar surface area (TPSA) is 67.9 Å². The minimum atomic E-state index is -0.483. The van der Waals surface area contributed by atoms with Crippen LogP contribution in [0.1, 0.15) is 50.7 Å². The Kier molecular flexibility index (Phi) is 6.98. The fourth-order valence-corrected chi connectivity index (χ4v) is 3.47. The van der Waals surface area contributed by atoms with Gasteiger partial charge in [0.1, 0.15) is 12.2 Å². The third kappa shape index (κ3) is 6.51. The molecule has 0 atom stereocenters. The van der Waals surface area contributed by atoms with Gasteiger partial charge in [0.15, 0.2) is 0 Å². The molecular weight excluding hydrogens is 380 g/mol. The zero-order valence-corrected chi connectivity index (χ0v) is 17.9.